The minimum Gasteiger partial charge on any atom is -0.370 e. The Bertz CT molecular complexity index is 802. The summed E-state index contributed by atoms with van der Waals surface area (Å²) in [6, 6.07) is 13.6. The number of aliphatic imine (C=N–C) groups is 1. The van der Waals surface area contributed by atoms with Crippen molar-refractivity contribution in [3.63, 3.8) is 0 Å². The van der Waals surface area contributed by atoms with Crippen LogP contribution in [0.25, 0.3) is 0 Å². The quantitative estimate of drug-likeness (QED) is 0.384. The fourth-order valence-corrected chi connectivity index (χ4v) is 3.29. The van der Waals surface area contributed by atoms with Gasteiger partial charge < -0.3 is 16.4 Å². The van der Waals surface area contributed by atoms with Crippen molar-refractivity contribution in [2.75, 3.05) is 18.4 Å². The Morgan fingerprint density at radius 3 is 2.69 bits per heavy atom. The van der Waals surface area contributed by atoms with Crippen molar-refractivity contribution in [3.05, 3.63) is 63.6 Å². The van der Waals surface area contributed by atoms with Gasteiger partial charge in [-0.3, -0.25) is 9.79 Å². The van der Waals surface area contributed by atoms with Gasteiger partial charge in [0, 0.05) is 28.8 Å². The van der Waals surface area contributed by atoms with Crippen LogP contribution in [0.15, 0.2) is 51.9 Å². The summed E-state index contributed by atoms with van der Waals surface area (Å²) in [5, 5.41) is 6.02. The fourth-order valence-electron chi connectivity index (χ4n) is 3.02. The molecule has 26 heavy (non-hydrogen) atoms. The van der Waals surface area contributed by atoms with Crippen LogP contribution in [0.5, 0.6) is 0 Å². The summed E-state index contributed by atoms with van der Waals surface area (Å²) in [7, 11) is 0. The molecular weight excluding hydrogens is 392 g/mol. The lowest BCUT2D eigenvalue weighted by atomic mass is 10.1. The number of anilines is 1. The van der Waals surface area contributed by atoms with E-state index in [2.05, 4.69) is 43.7 Å². The van der Waals surface area contributed by atoms with E-state index in [4.69, 9.17) is 5.73 Å². The predicted molar refractivity (Wildman–Crippen MR) is 110 cm³/mol. The Morgan fingerprint density at radius 1 is 1.12 bits per heavy atom. The molecule has 0 saturated heterocycles. The topological polar surface area (TPSA) is 79.5 Å². The number of fused-ring (bicyclic) bond motifs is 1. The van der Waals surface area contributed by atoms with E-state index in [0.717, 1.165) is 23.0 Å². The van der Waals surface area contributed by atoms with Crippen LogP contribution in [-0.4, -0.2) is 25.0 Å². The molecule has 0 atom stereocenters. The average molecular weight is 415 g/mol. The monoisotopic (exact) mass is 414 g/mol. The highest BCUT2D eigenvalue weighted by atomic mass is 79.9. The van der Waals surface area contributed by atoms with E-state index in [1.54, 1.807) is 12.1 Å². The zero-order valence-electron chi connectivity index (χ0n) is 14.6. The molecule has 1 aliphatic rings. The van der Waals surface area contributed by atoms with Gasteiger partial charge in [0.05, 0.1) is 0 Å². The third kappa shape index (κ3) is 5.08. The maximum atomic E-state index is 12.0. The first-order chi connectivity index (χ1) is 12.6. The molecular formula is C20H23BrN4O. The molecule has 6 heteroatoms. The number of aryl methyl sites for hydroxylation is 2. The maximum absolute atomic E-state index is 12.0. The molecule has 0 heterocycles. The Hall–Kier alpha value is -2.34. The highest BCUT2D eigenvalue weighted by Gasteiger charge is 2.10. The highest BCUT2D eigenvalue weighted by Crippen LogP contribution is 2.24. The van der Waals surface area contributed by atoms with Gasteiger partial charge in [-0.25, -0.2) is 0 Å². The standard InChI is InChI=1S/C20H23BrN4O/c21-17-8-5-15(6-9-17)19(26)23-11-2-12-24-20(22)25-18-10-7-14-3-1-4-16(14)13-18/h5-10,13H,1-4,11-12H2,(H,23,26)(H3,22,24,25). The van der Waals surface area contributed by atoms with Crippen LogP contribution in [0.2, 0.25) is 0 Å². The van der Waals surface area contributed by atoms with E-state index in [1.807, 2.05) is 18.2 Å². The molecule has 0 aromatic heterocycles. The molecule has 1 amide bonds. The molecule has 3 rings (SSSR count). The van der Waals surface area contributed by atoms with E-state index in [9.17, 15) is 4.79 Å². The first-order valence-corrected chi connectivity index (χ1v) is 9.63. The number of nitrogens with two attached hydrogens (primary N) is 1. The third-order valence-corrected chi connectivity index (χ3v) is 4.91. The second-order valence-corrected chi connectivity index (χ2v) is 7.26. The van der Waals surface area contributed by atoms with E-state index in [1.165, 1.54) is 24.0 Å². The number of hydrogen-bond acceptors (Lipinski definition) is 2. The Kier molecular flexibility index (Phi) is 6.28. The maximum Gasteiger partial charge on any atom is 0.251 e. The van der Waals surface area contributed by atoms with Crippen LogP contribution in [0.1, 0.15) is 34.3 Å². The molecule has 0 unspecified atom stereocenters. The Morgan fingerprint density at radius 2 is 1.88 bits per heavy atom. The summed E-state index contributed by atoms with van der Waals surface area (Å²) in [6.45, 7) is 1.12. The third-order valence-electron chi connectivity index (χ3n) is 4.38. The van der Waals surface area contributed by atoms with E-state index in [-0.39, 0.29) is 5.91 Å². The second kappa shape index (κ2) is 8.85. The summed E-state index contributed by atoms with van der Waals surface area (Å²) in [5.41, 5.74) is 10.4. The largest absolute Gasteiger partial charge is 0.370 e. The zero-order valence-corrected chi connectivity index (χ0v) is 16.2. The van der Waals surface area contributed by atoms with Gasteiger partial charge in [-0.05, 0) is 73.2 Å². The van der Waals surface area contributed by atoms with Gasteiger partial charge in [0.15, 0.2) is 5.96 Å². The lowest BCUT2D eigenvalue weighted by molar-refractivity contribution is 0.0953. The summed E-state index contributed by atoms with van der Waals surface area (Å²) >= 11 is 3.36. The lowest BCUT2D eigenvalue weighted by Gasteiger charge is -2.08. The molecule has 4 N–H and O–H groups in total. The number of benzene rings is 2. The number of carbonyl (C=O) groups is 1. The zero-order chi connectivity index (χ0) is 18.4. The molecule has 136 valence electrons. The summed E-state index contributed by atoms with van der Waals surface area (Å²) < 4.78 is 0.953. The first-order valence-electron chi connectivity index (χ1n) is 8.84. The average Bonchev–Trinajstić information content (AvgIpc) is 3.09. The predicted octanol–water partition coefficient (Wildman–Crippen LogP) is 3.48. The van der Waals surface area contributed by atoms with Crippen LogP contribution >= 0.6 is 15.9 Å². The Labute approximate surface area is 162 Å². The van der Waals surface area contributed by atoms with Gasteiger partial charge in [-0.1, -0.05) is 22.0 Å². The molecule has 0 aliphatic heterocycles. The van der Waals surface area contributed by atoms with Gasteiger partial charge >= 0.3 is 0 Å². The van der Waals surface area contributed by atoms with Crippen molar-refractivity contribution in [1.29, 1.82) is 0 Å². The van der Waals surface area contributed by atoms with E-state index < -0.39 is 0 Å². The number of halogens is 1. The number of guanidine groups is 1. The molecule has 1 aliphatic carbocycles. The molecule has 2 aromatic carbocycles. The number of hydrogen-bond donors (Lipinski definition) is 3. The number of amides is 1. The second-order valence-electron chi connectivity index (χ2n) is 6.35. The normalized spacial score (nSPS) is 13.3. The number of nitrogens with zero attached hydrogens (tertiary/aromatic N) is 1. The van der Waals surface area contributed by atoms with Crippen molar-refractivity contribution in [2.45, 2.75) is 25.7 Å². The van der Waals surface area contributed by atoms with Crippen molar-refractivity contribution in [3.8, 4) is 0 Å². The SMILES string of the molecule is NC(=NCCCNC(=O)c1ccc(Br)cc1)Nc1ccc2c(c1)CCC2. The Balaban J connectivity index is 1.39. The molecule has 0 fully saturated rings. The molecule has 0 bridgehead atoms. The van der Waals surface area contributed by atoms with E-state index in [0.29, 0.717) is 24.6 Å². The van der Waals surface area contributed by atoms with Crippen LogP contribution in [0.4, 0.5) is 5.69 Å². The van der Waals surface area contributed by atoms with Crippen molar-refractivity contribution in [2.24, 2.45) is 10.7 Å². The van der Waals surface area contributed by atoms with Crippen molar-refractivity contribution >= 4 is 33.5 Å². The van der Waals surface area contributed by atoms with Crippen LogP contribution < -0.4 is 16.4 Å². The minimum absolute atomic E-state index is 0.0780. The van der Waals surface area contributed by atoms with Gasteiger partial charge in [-0.2, -0.15) is 0 Å². The van der Waals surface area contributed by atoms with Gasteiger partial charge in [0.25, 0.3) is 5.91 Å². The fraction of sp³-hybridized carbons (Fsp3) is 0.300. The molecule has 2 aromatic rings. The first kappa shape index (κ1) is 18.5. The van der Waals surface area contributed by atoms with E-state index >= 15 is 0 Å². The van der Waals surface area contributed by atoms with Crippen molar-refractivity contribution in [1.82, 2.24) is 5.32 Å². The molecule has 0 radical (unpaired) electrons. The summed E-state index contributed by atoms with van der Waals surface area (Å²) in [4.78, 5) is 16.3. The van der Waals surface area contributed by atoms with Gasteiger partial charge in [0.2, 0.25) is 0 Å². The van der Waals surface area contributed by atoms with Crippen molar-refractivity contribution < 1.29 is 4.79 Å². The van der Waals surface area contributed by atoms with Crippen LogP contribution in [0.3, 0.4) is 0 Å². The minimum atomic E-state index is -0.0780. The summed E-state index contributed by atoms with van der Waals surface area (Å²) in [6.07, 6.45) is 4.27. The number of rotatable bonds is 6. The highest BCUT2D eigenvalue weighted by molar-refractivity contribution is 9.10. The van der Waals surface area contributed by atoms with Gasteiger partial charge in [0.1, 0.15) is 0 Å². The summed E-state index contributed by atoms with van der Waals surface area (Å²) in [5.74, 6) is 0.327. The molecule has 0 spiro atoms. The van der Waals surface area contributed by atoms with Crippen LogP contribution in [0, 0.1) is 0 Å². The number of carbonyl (C=O) groups excluding carboxylic acids is 1. The van der Waals surface area contributed by atoms with Gasteiger partial charge in [-0.15, -0.1) is 0 Å². The number of nitrogens with one attached hydrogen (secondary N) is 2. The lowest BCUT2D eigenvalue weighted by Crippen LogP contribution is -2.26. The smallest absolute Gasteiger partial charge is 0.251 e. The molecule has 5 nitrogen and oxygen atoms in total. The van der Waals surface area contributed by atoms with Crippen LogP contribution in [-0.2, 0) is 12.8 Å². The molecule has 0 saturated carbocycles.